The van der Waals surface area contributed by atoms with Crippen LogP contribution in [0.2, 0.25) is 0 Å². The molecule has 111 heavy (non-hydrogen) atoms. The van der Waals surface area contributed by atoms with E-state index in [0.717, 1.165) is 11.1 Å². The molecule has 2 aliphatic rings. The van der Waals surface area contributed by atoms with E-state index in [1.54, 1.807) is 56.0 Å². The number of nitrogens with one attached hydrogen (secondary N) is 8. The first-order valence-corrected chi connectivity index (χ1v) is 36.3. The van der Waals surface area contributed by atoms with E-state index in [9.17, 15) is 83.1 Å². The molecule has 0 aromatic heterocycles. The molecule has 5 rings (SSSR count). The summed E-state index contributed by atoms with van der Waals surface area (Å²) in [6.07, 6.45) is 0.442. The molecule has 2 heterocycles. The number of hydrogen-bond donors (Lipinski definition) is 18. The first kappa shape index (κ1) is 96.5. The van der Waals surface area contributed by atoms with Gasteiger partial charge in [-0.1, -0.05) is 36.4 Å². The number of carboxylic acids is 6. The average Bonchev–Trinajstić information content (AvgIpc) is 1.50. The van der Waals surface area contributed by atoms with Gasteiger partial charge in [-0.2, -0.15) is 0 Å². The number of primary amides is 4. The summed E-state index contributed by atoms with van der Waals surface area (Å²) in [5, 5.41) is 80.5. The second kappa shape index (κ2) is 51.1. The summed E-state index contributed by atoms with van der Waals surface area (Å²) in [6.45, 7) is 3.16. The fourth-order valence-corrected chi connectivity index (χ4v) is 12.9. The number of rotatable bonds is 40. The van der Waals surface area contributed by atoms with Gasteiger partial charge in [0.05, 0.1) is 58.7 Å². The third kappa shape index (κ3) is 39.9. The van der Waals surface area contributed by atoms with Crippen LogP contribution in [0.3, 0.4) is 0 Å². The van der Waals surface area contributed by atoms with Crippen LogP contribution in [-0.4, -0.2) is 365 Å². The van der Waals surface area contributed by atoms with Gasteiger partial charge in [-0.05, 0) is 122 Å². The van der Waals surface area contributed by atoms with Gasteiger partial charge >= 0.3 is 58.9 Å². The minimum absolute atomic E-state index is 0. The quantitative estimate of drug-likeness (QED) is 0.0146. The number of nitrogens with two attached hydrogens (primary N) is 4. The first-order chi connectivity index (χ1) is 51.7. The van der Waals surface area contributed by atoms with Crippen molar-refractivity contribution in [3.05, 3.63) is 89.5 Å². The molecule has 43 heteroatoms. The summed E-state index contributed by atoms with van der Waals surface area (Å²) < 4.78 is 0. The Kier molecular flexibility index (Phi) is 44.4. The maximum Gasteiger partial charge on any atom is 2.00 e. The fourth-order valence-electron chi connectivity index (χ4n) is 12.2. The molecule has 0 bridgehead atoms. The Morgan fingerprint density at radius 2 is 0.766 bits per heavy atom. The van der Waals surface area contributed by atoms with E-state index in [-0.39, 0.29) is 196 Å². The maximum atomic E-state index is 14.3. The third-order valence-corrected chi connectivity index (χ3v) is 18.3. The number of carbonyl (C=O) groups is 12. The minimum atomic E-state index is -1.77. The summed E-state index contributed by atoms with van der Waals surface area (Å²) in [5.41, 5.74) is 26.9. The van der Waals surface area contributed by atoms with Gasteiger partial charge in [-0.3, -0.25) is 77.5 Å². The molecule has 38 nitrogen and oxygen atoms in total. The van der Waals surface area contributed by atoms with Crippen LogP contribution < -0.4 is 65.5 Å². The molecule has 2 saturated heterocycles. The number of amides is 7. The van der Waals surface area contributed by atoms with Crippen LogP contribution in [-0.2, 0) is 89.1 Å². The van der Waals surface area contributed by atoms with Crippen LogP contribution in [0.1, 0.15) is 42.4 Å². The molecule has 4 unspecified atom stereocenters. The van der Waals surface area contributed by atoms with Crippen molar-refractivity contribution in [1.29, 1.82) is 0 Å². The number of nitrogens with zero attached hydrogens (tertiary/aromatic N) is 8. The number of thiocarbonyl (C=S) groups is 3. The summed E-state index contributed by atoms with van der Waals surface area (Å²) in [7, 11) is 0. The molecule has 0 saturated carbocycles. The Morgan fingerprint density at radius 3 is 1.16 bits per heavy atom. The van der Waals surface area contributed by atoms with Gasteiger partial charge in [0.2, 0.25) is 29.5 Å². The van der Waals surface area contributed by atoms with E-state index >= 15 is 0 Å². The minimum Gasteiger partial charge on any atom is -0.481 e. The molecule has 611 valence electrons. The molecule has 2 fully saturated rings. The van der Waals surface area contributed by atoms with Gasteiger partial charge in [-0.15, -0.1) is 0 Å². The topological polar surface area (TPSA) is 552 Å². The molecule has 22 N–H and O–H groups in total. The van der Waals surface area contributed by atoms with E-state index in [2.05, 4.69) is 37.2 Å². The number of urea groups is 1. The van der Waals surface area contributed by atoms with Crippen LogP contribution in [0, 0.1) is 0 Å². The van der Waals surface area contributed by atoms with Crippen molar-refractivity contribution in [1.82, 2.24) is 65.8 Å². The van der Waals surface area contributed by atoms with Crippen molar-refractivity contribution in [2.24, 2.45) is 22.9 Å². The van der Waals surface area contributed by atoms with Crippen LogP contribution in [0.25, 0.3) is 0 Å². The van der Waals surface area contributed by atoms with Crippen molar-refractivity contribution in [3.63, 3.8) is 0 Å². The van der Waals surface area contributed by atoms with E-state index in [1.807, 2.05) is 61.3 Å². The molecule has 5 radical (unpaired) electrons. The van der Waals surface area contributed by atoms with Gasteiger partial charge in [0.15, 0.2) is 15.3 Å². The van der Waals surface area contributed by atoms with E-state index in [4.69, 9.17) is 64.7 Å². The molecular formula is C68H100CuN20O18PbS3+2. The van der Waals surface area contributed by atoms with Crippen molar-refractivity contribution >= 4 is 168 Å². The number of aliphatic carboxylic acids is 6. The smallest absolute Gasteiger partial charge is 0.481 e. The van der Waals surface area contributed by atoms with Gasteiger partial charge in [0.1, 0.15) is 12.1 Å². The number of unbranched alkanes of at least 4 members (excludes halogenated alkanes) is 1. The van der Waals surface area contributed by atoms with Crippen LogP contribution in [0.5, 0.6) is 0 Å². The second-order valence-corrected chi connectivity index (χ2v) is 27.5. The largest absolute Gasteiger partial charge is 2.00 e. The van der Waals surface area contributed by atoms with Crippen LogP contribution in [0.15, 0.2) is 72.8 Å². The number of hydrogen-bond acceptors (Lipinski definition) is 22. The zero-order valence-electron chi connectivity index (χ0n) is 61.2. The SMILES string of the molecule is NC(=O)CN1CCN(CC(N)=O)CCN(CC(N)=O)C(Cc2ccc(NC(=S)NCCN(CCNC(=S)Nc3ccc(CC4CN(CC(=O)O)CCN(CC(=O)O)CCN4CC(=O)O)cc3)C(=O)Cc3ccc(NC(=S)NCCCCC(NC(=O)NC(CC(=O)O)C(=O)O)C(=O)O)cc3)cc2)CN(CC(N)=O)CC1.[64Cu+2].[Pb]. The van der Waals surface area contributed by atoms with Crippen molar-refractivity contribution in [3.8, 4) is 0 Å². The van der Waals surface area contributed by atoms with E-state index < -0.39 is 96.1 Å². The standard InChI is InChI=1S/C68H100N20O18S3.Cu.Pb/c69-54(89)37-81-21-22-82(38-55(70)90)27-29-87(40-57(72)92)50(35-84(25-23-81)39-56(71)91)31-44-4-10-47(11-5-44)77-67(108)74-17-19-86(58(93)33-46-8-14-49(15-9-46)76-66(107)73-16-2-1-3-52(63(102)103)79-65(106)80-53(64(104)105)34-59(94)95)20-18-75-68(109)78-48-12-6-45(7-13-48)32-51-36-85(42-61(98)99)26-24-83(41-60(96)97)28-30-88(51)43-62(100)101;;/h4-15,50-53H,1-3,16-43H2,(H2,69,89)(H2,70,90)(H2,71,91)(H2,72,92)(H,94,95)(H,96,97)(H,98,99)(H,100,101)(H,102,103)(H,104,105)(H2,73,76,107)(H2,74,77,108)(H2,75,78,109)(H2,79,80,106);;/q;+2;/i;1+0;. The van der Waals surface area contributed by atoms with E-state index in [0.29, 0.717) is 87.6 Å². The zero-order chi connectivity index (χ0) is 80.1. The molecule has 3 aromatic carbocycles. The Bertz CT molecular complexity index is 3630. The second-order valence-electron chi connectivity index (χ2n) is 26.3. The van der Waals surface area contributed by atoms with Gasteiger partial charge in [0.25, 0.3) is 0 Å². The molecule has 0 aliphatic carbocycles. The molecule has 2 aliphatic heterocycles. The van der Waals surface area contributed by atoms with Crippen LogP contribution >= 0.6 is 36.7 Å². The number of anilines is 3. The van der Waals surface area contributed by atoms with Crippen molar-refractivity contribution in [2.75, 3.05) is 173 Å². The Balaban J connectivity index is 0.0000160. The Labute approximate surface area is 688 Å². The summed E-state index contributed by atoms with van der Waals surface area (Å²) in [6, 6.07) is 16.4. The monoisotopic (exact) mass is 1850 g/mol. The molecular weight excluding hydrogens is 1750 g/mol. The summed E-state index contributed by atoms with van der Waals surface area (Å²) in [5.74, 6) is -10.2. The first-order valence-electron chi connectivity index (χ1n) is 35.1. The van der Waals surface area contributed by atoms with Crippen LogP contribution in [0.4, 0.5) is 21.9 Å². The molecule has 0 spiro atoms. The van der Waals surface area contributed by atoms with E-state index in [1.165, 1.54) is 0 Å². The average molecular weight is 1850 g/mol. The van der Waals surface area contributed by atoms with Gasteiger partial charge < -0.3 is 101 Å². The molecule has 4 atom stereocenters. The number of benzene rings is 3. The molecule has 3 aromatic rings. The predicted octanol–water partition coefficient (Wildman–Crippen LogP) is -4.06. The number of carbonyl (C=O) groups excluding carboxylic acids is 6. The predicted molar refractivity (Wildman–Crippen MR) is 419 cm³/mol. The van der Waals surface area contributed by atoms with Gasteiger partial charge in [-0.25, -0.2) is 14.4 Å². The Hall–Kier alpha value is -8.67. The van der Waals surface area contributed by atoms with Gasteiger partial charge in [0, 0.05) is 168 Å². The third-order valence-electron chi connectivity index (χ3n) is 17.5. The summed E-state index contributed by atoms with van der Waals surface area (Å²) in [4.78, 5) is 160. The summed E-state index contributed by atoms with van der Waals surface area (Å²) >= 11 is 16.9. The van der Waals surface area contributed by atoms with Crippen molar-refractivity contribution < 1.29 is 105 Å². The fraction of sp³-hybridized carbons (Fsp3) is 0.515. The Morgan fingerprint density at radius 1 is 0.423 bits per heavy atom. The number of carboxylic acid groups (broad SMARTS) is 6. The molecule has 7 amide bonds. The normalized spacial score (nSPS) is 16.4. The van der Waals surface area contributed by atoms with Crippen molar-refractivity contribution in [2.45, 2.75) is 69.1 Å². The maximum absolute atomic E-state index is 14.3. The zero-order valence-corrected chi connectivity index (χ0v) is 68.4.